The van der Waals surface area contributed by atoms with Gasteiger partial charge in [0.2, 0.25) is 11.8 Å². The molecule has 0 aliphatic rings. The summed E-state index contributed by atoms with van der Waals surface area (Å²) in [5, 5.41) is 1.21. The summed E-state index contributed by atoms with van der Waals surface area (Å²) in [5.41, 5.74) is 3.74. The number of halogens is 7. The summed E-state index contributed by atoms with van der Waals surface area (Å²) in [5.74, 6) is -7.97. The molecule has 0 radical (unpaired) electrons. The minimum absolute atomic E-state index is 0.499. The van der Waals surface area contributed by atoms with Gasteiger partial charge in [0.1, 0.15) is 11.5 Å². The van der Waals surface area contributed by atoms with Crippen molar-refractivity contribution in [3.8, 4) is 0 Å². The van der Waals surface area contributed by atoms with Gasteiger partial charge in [-0.2, -0.15) is 26.3 Å². The van der Waals surface area contributed by atoms with E-state index in [0.717, 1.165) is 18.2 Å². The van der Waals surface area contributed by atoms with Gasteiger partial charge < -0.3 is 11.1 Å². The Bertz CT molecular complexity index is 475. The van der Waals surface area contributed by atoms with Crippen LogP contribution in [0.1, 0.15) is 0 Å². The predicted molar refractivity (Wildman–Crippen MR) is 55.0 cm³/mol. The van der Waals surface area contributed by atoms with Crippen LogP contribution in [0.4, 0.5) is 42.1 Å². The molecule has 3 nitrogen and oxygen atoms in total. The lowest BCUT2D eigenvalue weighted by Gasteiger charge is -2.22. The van der Waals surface area contributed by atoms with E-state index in [1.165, 1.54) is 5.32 Å². The lowest BCUT2D eigenvalue weighted by molar-refractivity contribution is -0.272. The number of alkyl halides is 6. The van der Waals surface area contributed by atoms with E-state index in [9.17, 15) is 35.5 Å². The van der Waals surface area contributed by atoms with Crippen LogP contribution >= 0.6 is 0 Å². The second kappa shape index (κ2) is 5.17. The number of benzene rings is 1. The monoisotopic (exact) mass is 304 g/mol. The molecule has 0 atom stereocenters. The van der Waals surface area contributed by atoms with Gasteiger partial charge in [-0.3, -0.25) is 4.79 Å². The smallest absolute Gasteiger partial charge is 0.397 e. The van der Waals surface area contributed by atoms with E-state index in [2.05, 4.69) is 0 Å². The lowest BCUT2D eigenvalue weighted by atomic mass is 10.1. The quantitative estimate of drug-likeness (QED) is 0.651. The fraction of sp³-hybridized carbons (Fsp3) is 0.300. The topological polar surface area (TPSA) is 55.1 Å². The van der Waals surface area contributed by atoms with Crippen LogP contribution in [-0.4, -0.2) is 18.3 Å². The number of nitrogen functional groups attached to an aromatic ring is 1. The number of anilines is 2. The van der Waals surface area contributed by atoms with Crippen LogP contribution in [0, 0.1) is 11.7 Å². The maximum absolute atomic E-state index is 13.2. The number of amides is 1. The number of nitrogens with two attached hydrogens (primary N) is 1. The number of hydrogen-bond donors (Lipinski definition) is 2. The number of carbonyl (C=O) groups is 1. The Morgan fingerprint density at radius 2 is 1.60 bits per heavy atom. The number of rotatable bonds is 2. The standard InChI is InChI=1S/C10H7F7N2O/c11-4-2-1-3-5(18)6(4)19-8(20)7(9(12,13)14)10(15,16)17/h1-3,7H,18H2,(H,19,20). The fourth-order valence-corrected chi connectivity index (χ4v) is 1.35. The van der Waals surface area contributed by atoms with Crippen molar-refractivity contribution in [2.75, 3.05) is 11.1 Å². The first-order valence-electron chi connectivity index (χ1n) is 4.93. The van der Waals surface area contributed by atoms with Gasteiger partial charge >= 0.3 is 12.4 Å². The molecule has 0 aliphatic carbocycles. The van der Waals surface area contributed by atoms with Crippen LogP contribution in [0.2, 0.25) is 0 Å². The maximum atomic E-state index is 13.2. The number of hydrogen-bond acceptors (Lipinski definition) is 2. The Labute approximate surface area is 107 Å². The molecule has 3 N–H and O–H groups in total. The molecule has 0 heterocycles. The molecule has 1 amide bonds. The molecule has 20 heavy (non-hydrogen) atoms. The average Bonchev–Trinajstić information content (AvgIpc) is 2.19. The predicted octanol–water partition coefficient (Wildman–Crippen LogP) is 3.09. The maximum Gasteiger partial charge on any atom is 0.409 e. The van der Waals surface area contributed by atoms with E-state index >= 15 is 0 Å². The Kier molecular flexibility index (Phi) is 4.15. The van der Waals surface area contributed by atoms with Gasteiger partial charge in [-0.15, -0.1) is 0 Å². The highest BCUT2D eigenvalue weighted by Crippen LogP contribution is 2.40. The van der Waals surface area contributed by atoms with Crippen LogP contribution < -0.4 is 11.1 Å². The number of carbonyl (C=O) groups excluding carboxylic acids is 1. The highest BCUT2D eigenvalue weighted by Gasteiger charge is 2.61. The Morgan fingerprint density at radius 1 is 1.10 bits per heavy atom. The van der Waals surface area contributed by atoms with Crippen LogP contribution in [0.3, 0.4) is 0 Å². The minimum Gasteiger partial charge on any atom is -0.397 e. The van der Waals surface area contributed by atoms with Crippen molar-refractivity contribution in [2.45, 2.75) is 12.4 Å². The van der Waals surface area contributed by atoms with Gasteiger partial charge in [-0.25, -0.2) is 4.39 Å². The van der Waals surface area contributed by atoms with Crippen molar-refractivity contribution in [1.82, 2.24) is 0 Å². The Morgan fingerprint density at radius 3 is 2.00 bits per heavy atom. The molecule has 0 bridgehead atoms. The first-order chi connectivity index (χ1) is 8.94. The van der Waals surface area contributed by atoms with E-state index in [1.54, 1.807) is 0 Å². The van der Waals surface area contributed by atoms with Crippen molar-refractivity contribution in [3.63, 3.8) is 0 Å². The molecule has 1 rings (SSSR count). The molecular formula is C10H7F7N2O. The van der Waals surface area contributed by atoms with E-state index in [4.69, 9.17) is 5.73 Å². The first-order valence-corrected chi connectivity index (χ1v) is 4.93. The van der Waals surface area contributed by atoms with Gasteiger partial charge in [0.25, 0.3) is 0 Å². The second-order valence-electron chi connectivity index (χ2n) is 3.71. The van der Waals surface area contributed by atoms with Gasteiger partial charge in [-0.1, -0.05) is 6.07 Å². The zero-order valence-electron chi connectivity index (χ0n) is 9.44. The minimum atomic E-state index is -5.86. The summed E-state index contributed by atoms with van der Waals surface area (Å²) in [6.45, 7) is 0. The Hall–Kier alpha value is -2.00. The van der Waals surface area contributed by atoms with Crippen LogP contribution in [0.15, 0.2) is 18.2 Å². The SMILES string of the molecule is Nc1cccc(F)c1NC(=O)C(C(F)(F)F)C(F)(F)F. The third-order valence-corrected chi connectivity index (χ3v) is 2.21. The molecule has 112 valence electrons. The third kappa shape index (κ3) is 3.52. The lowest BCUT2D eigenvalue weighted by Crippen LogP contribution is -2.45. The van der Waals surface area contributed by atoms with Crippen molar-refractivity contribution < 1.29 is 35.5 Å². The van der Waals surface area contributed by atoms with Crippen LogP contribution in [-0.2, 0) is 4.79 Å². The Balaban J connectivity index is 3.11. The van der Waals surface area contributed by atoms with Crippen LogP contribution in [0.25, 0.3) is 0 Å². The molecule has 0 aliphatic heterocycles. The summed E-state index contributed by atoms with van der Waals surface area (Å²) in [7, 11) is 0. The van der Waals surface area contributed by atoms with E-state index < -0.39 is 41.4 Å². The molecule has 1 aromatic carbocycles. The highest BCUT2D eigenvalue weighted by molar-refractivity contribution is 5.96. The molecule has 0 saturated heterocycles. The van der Waals surface area contributed by atoms with Crippen molar-refractivity contribution in [3.05, 3.63) is 24.0 Å². The average molecular weight is 304 g/mol. The van der Waals surface area contributed by atoms with Crippen molar-refractivity contribution in [1.29, 1.82) is 0 Å². The van der Waals surface area contributed by atoms with Crippen LogP contribution in [0.5, 0.6) is 0 Å². The molecule has 0 aromatic heterocycles. The molecular weight excluding hydrogens is 297 g/mol. The van der Waals surface area contributed by atoms with Gasteiger partial charge in [-0.05, 0) is 12.1 Å². The van der Waals surface area contributed by atoms with Gasteiger partial charge in [0, 0.05) is 0 Å². The summed E-state index contributed by atoms with van der Waals surface area (Å²) in [4.78, 5) is 11.1. The largest absolute Gasteiger partial charge is 0.409 e. The first kappa shape index (κ1) is 16.1. The molecule has 0 saturated carbocycles. The van der Waals surface area contributed by atoms with Crippen molar-refractivity contribution >= 4 is 17.3 Å². The molecule has 10 heteroatoms. The van der Waals surface area contributed by atoms with Gasteiger partial charge in [0.15, 0.2) is 0 Å². The summed E-state index contributed by atoms with van der Waals surface area (Å²) in [6.07, 6.45) is -11.7. The molecule has 0 unspecified atom stereocenters. The van der Waals surface area contributed by atoms with E-state index in [0.29, 0.717) is 0 Å². The summed E-state index contributed by atoms with van der Waals surface area (Å²) in [6, 6.07) is 2.81. The van der Waals surface area contributed by atoms with Gasteiger partial charge in [0.05, 0.1) is 5.69 Å². The molecule has 0 spiro atoms. The zero-order chi connectivity index (χ0) is 15.7. The zero-order valence-corrected chi connectivity index (χ0v) is 9.44. The third-order valence-electron chi connectivity index (χ3n) is 2.21. The van der Waals surface area contributed by atoms with E-state index in [-0.39, 0.29) is 0 Å². The molecule has 0 fully saturated rings. The highest BCUT2D eigenvalue weighted by atomic mass is 19.4. The summed E-state index contributed by atoms with van der Waals surface area (Å²) < 4.78 is 86.8. The number of para-hydroxylation sites is 1. The van der Waals surface area contributed by atoms with E-state index in [1.807, 2.05) is 0 Å². The second-order valence-corrected chi connectivity index (χ2v) is 3.71. The summed E-state index contributed by atoms with van der Waals surface area (Å²) >= 11 is 0. The fourth-order valence-electron chi connectivity index (χ4n) is 1.35. The number of nitrogens with one attached hydrogen (secondary N) is 1. The van der Waals surface area contributed by atoms with Crippen molar-refractivity contribution in [2.24, 2.45) is 5.92 Å². The molecule has 1 aromatic rings. The normalized spacial score (nSPS) is 12.6.